The molecule has 1 aromatic rings. The number of rotatable bonds is 1. The van der Waals surface area contributed by atoms with E-state index in [-0.39, 0.29) is 0 Å². The Morgan fingerprint density at radius 3 is 2.37 bits per heavy atom. The molecule has 0 fully saturated rings. The third-order valence-electron chi connectivity index (χ3n) is 2.21. The van der Waals surface area contributed by atoms with Gasteiger partial charge < -0.3 is 4.74 Å². The quantitative estimate of drug-likeness (QED) is 0.857. The normalized spacial score (nSPS) is 17.3. The standard InChI is InChI=1S/C12H13Cl2N3OS/c1-12(2)16-10(15-11(17-12)19-3)18-9-5-7(13)4-8(14)6-9/h4-6H,1-3H3,(H,15,16,17). The van der Waals surface area contributed by atoms with Crippen LogP contribution >= 0.6 is 35.0 Å². The first-order valence-corrected chi connectivity index (χ1v) is 7.51. The van der Waals surface area contributed by atoms with Gasteiger partial charge in [0.05, 0.1) is 0 Å². The number of hydrogen-bond donors (Lipinski definition) is 1. The smallest absolute Gasteiger partial charge is 0.298 e. The van der Waals surface area contributed by atoms with Crippen LogP contribution in [0, 0.1) is 0 Å². The lowest BCUT2D eigenvalue weighted by Crippen LogP contribution is -2.40. The first-order chi connectivity index (χ1) is 8.88. The van der Waals surface area contributed by atoms with Crippen molar-refractivity contribution in [2.24, 2.45) is 9.98 Å². The number of hydrogen-bond acceptors (Lipinski definition) is 5. The topological polar surface area (TPSA) is 46.0 Å². The molecule has 1 aromatic carbocycles. The monoisotopic (exact) mass is 317 g/mol. The van der Waals surface area contributed by atoms with Gasteiger partial charge in [0.2, 0.25) is 0 Å². The molecule has 19 heavy (non-hydrogen) atoms. The van der Waals surface area contributed by atoms with Crippen LogP contribution in [0.5, 0.6) is 5.75 Å². The lowest BCUT2D eigenvalue weighted by molar-refractivity contribution is 0.474. The maximum atomic E-state index is 5.93. The number of aliphatic imine (C=N–C) groups is 2. The van der Waals surface area contributed by atoms with Gasteiger partial charge in [-0.2, -0.15) is 0 Å². The molecule has 0 atom stereocenters. The molecule has 0 saturated carbocycles. The van der Waals surface area contributed by atoms with Crippen molar-refractivity contribution in [3.63, 3.8) is 0 Å². The van der Waals surface area contributed by atoms with E-state index in [9.17, 15) is 0 Å². The van der Waals surface area contributed by atoms with Crippen molar-refractivity contribution < 1.29 is 4.74 Å². The van der Waals surface area contributed by atoms with Crippen LogP contribution in [0.1, 0.15) is 13.8 Å². The summed E-state index contributed by atoms with van der Waals surface area (Å²) >= 11 is 13.3. The summed E-state index contributed by atoms with van der Waals surface area (Å²) in [6.45, 7) is 3.80. The highest BCUT2D eigenvalue weighted by Crippen LogP contribution is 2.25. The van der Waals surface area contributed by atoms with Crippen LogP contribution in [0.3, 0.4) is 0 Å². The predicted molar refractivity (Wildman–Crippen MR) is 82.7 cm³/mol. The number of thioether (sulfide) groups is 1. The van der Waals surface area contributed by atoms with Gasteiger partial charge in [0.1, 0.15) is 5.75 Å². The van der Waals surface area contributed by atoms with Crippen LogP contribution in [-0.4, -0.2) is 23.1 Å². The molecule has 0 amide bonds. The van der Waals surface area contributed by atoms with Crippen LogP contribution in [0.15, 0.2) is 28.2 Å². The number of benzene rings is 1. The molecule has 2 rings (SSSR count). The Kier molecular flexibility index (Phi) is 4.28. The molecule has 0 unspecified atom stereocenters. The summed E-state index contributed by atoms with van der Waals surface area (Å²) in [6.07, 6.45) is 1.93. The molecule has 0 spiro atoms. The number of amidine groups is 2. The first-order valence-electron chi connectivity index (χ1n) is 5.53. The van der Waals surface area contributed by atoms with Crippen LogP contribution in [0.25, 0.3) is 0 Å². The second-order valence-corrected chi connectivity index (χ2v) is 6.03. The summed E-state index contributed by atoms with van der Waals surface area (Å²) in [6, 6.07) is 5.37. The van der Waals surface area contributed by atoms with E-state index >= 15 is 0 Å². The minimum Gasteiger partial charge on any atom is -0.426 e. The molecule has 0 radical (unpaired) electrons. The Labute approximate surface area is 126 Å². The first kappa shape index (κ1) is 14.5. The molecular formula is C12H13Cl2N3OS. The molecule has 1 N–H and O–H groups in total. The van der Waals surface area contributed by atoms with E-state index in [2.05, 4.69) is 15.3 Å². The zero-order valence-electron chi connectivity index (χ0n) is 10.7. The number of nitrogens with one attached hydrogen (secondary N) is 1. The van der Waals surface area contributed by atoms with Crippen molar-refractivity contribution in [3.8, 4) is 5.75 Å². The van der Waals surface area contributed by atoms with Crippen LogP contribution in [0.2, 0.25) is 10.0 Å². The third kappa shape index (κ3) is 4.03. The van der Waals surface area contributed by atoms with E-state index in [1.54, 1.807) is 18.2 Å². The zero-order chi connectivity index (χ0) is 14.0. The third-order valence-corrected chi connectivity index (χ3v) is 3.22. The fourth-order valence-electron chi connectivity index (χ4n) is 1.51. The van der Waals surface area contributed by atoms with Crippen molar-refractivity contribution >= 4 is 46.2 Å². The van der Waals surface area contributed by atoms with Crippen molar-refractivity contribution in [1.29, 1.82) is 0 Å². The van der Waals surface area contributed by atoms with Gasteiger partial charge >= 0.3 is 0 Å². The van der Waals surface area contributed by atoms with Crippen LogP contribution < -0.4 is 10.1 Å². The molecule has 7 heteroatoms. The average molecular weight is 318 g/mol. The molecule has 0 bridgehead atoms. The summed E-state index contributed by atoms with van der Waals surface area (Å²) in [5.74, 6) is 0.530. The fraction of sp³-hybridized carbons (Fsp3) is 0.333. The van der Waals surface area contributed by atoms with Gasteiger partial charge in [-0.05, 0) is 38.3 Å². The van der Waals surface area contributed by atoms with E-state index in [1.807, 2.05) is 20.1 Å². The fourth-order valence-corrected chi connectivity index (χ4v) is 2.52. The Morgan fingerprint density at radius 1 is 1.16 bits per heavy atom. The summed E-state index contributed by atoms with van der Waals surface area (Å²) in [4.78, 5) is 8.77. The summed E-state index contributed by atoms with van der Waals surface area (Å²) in [5.41, 5.74) is -0.554. The number of ether oxygens (including phenoxy) is 1. The van der Waals surface area contributed by atoms with E-state index in [0.29, 0.717) is 21.8 Å². The highest BCUT2D eigenvalue weighted by Gasteiger charge is 2.24. The molecule has 4 nitrogen and oxygen atoms in total. The van der Waals surface area contributed by atoms with E-state index < -0.39 is 5.66 Å². The molecule has 1 aliphatic heterocycles. The SMILES string of the molecule is CSC1=NC(C)(C)N=C(Oc2cc(Cl)cc(Cl)c2)N1. The summed E-state index contributed by atoms with van der Waals surface area (Å²) in [5, 5.41) is 4.78. The Morgan fingerprint density at radius 2 is 1.79 bits per heavy atom. The molecular weight excluding hydrogens is 305 g/mol. The van der Waals surface area contributed by atoms with Crippen molar-refractivity contribution in [2.45, 2.75) is 19.5 Å². The van der Waals surface area contributed by atoms with Crippen LogP contribution in [-0.2, 0) is 0 Å². The highest BCUT2D eigenvalue weighted by molar-refractivity contribution is 8.13. The maximum Gasteiger partial charge on any atom is 0.298 e. The van der Waals surface area contributed by atoms with Crippen molar-refractivity contribution in [2.75, 3.05) is 6.26 Å². The Hall–Kier alpha value is -0.910. The Bertz CT molecular complexity index is 538. The molecule has 0 saturated heterocycles. The van der Waals surface area contributed by atoms with Gasteiger partial charge in [0.15, 0.2) is 10.8 Å². The molecule has 0 aromatic heterocycles. The van der Waals surface area contributed by atoms with Gasteiger partial charge in [-0.1, -0.05) is 35.0 Å². The lowest BCUT2D eigenvalue weighted by Gasteiger charge is -2.24. The summed E-state index contributed by atoms with van der Waals surface area (Å²) in [7, 11) is 0. The van der Waals surface area contributed by atoms with Gasteiger partial charge in [-0.25, -0.2) is 9.98 Å². The van der Waals surface area contributed by atoms with Crippen LogP contribution in [0.4, 0.5) is 0 Å². The maximum absolute atomic E-state index is 5.93. The highest BCUT2D eigenvalue weighted by atomic mass is 35.5. The molecule has 0 aliphatic carbocycles. The van der Waals surface area contributed by atoms with Gasteiger partial charge in [0, 0.05) is 10.0 Å². The van der Waals surface area contributed by atoms with E-state index in [4.69, 9.17) is 27.9 Å². The summed E-state index contributed by atoms with van der Waals surface area (Å²) < 4.78 is 5.66. The van der Waals surface area contributed by atoms with Crippen molar-refractivity contribution in [3.05, 3.63) is 28.2 Å². The number of nitrogens with zero attached hydrogens (tertiary/aromatic N) is 2. The average Bonchev–Trinajstić information content (AvgIpc) is 2.25. The van der Waals surface area contributed by atoms with Crippen molar-refractivity contribution in [1.82, 2.24) is 5.32 Å². The van der Waals surface area contributed by atoms with E-state index in [1.165, 1.54) is 11.8 Å². The second-order valence-electron chi connectivity index (χ2n) is 4.36. The van der Waals surface area contributed by atoms with Gasteiger partial charge in [-0.3, -0.25) is 5.32 Å². The van der Waals surface area contributed by atoms with Gasteiger partial charge in [-0.15, -0.1) is 0 Å². The van der Waals surface area contributed by atoms with E-state index in [0.717, 1.165) is 5.17 Å². The number of halogens is 2. The van der Waals surface area contributed by atoms with Gasteiger partial charge in [0.25, 0.3) is 6.02 Å². The minimum absolute atomic E-state index is 0.377. The largest absolute Gasteiger partial charge is 0.426 e. The predicted octanol–water partition coefficient (Wildman–Crippen LogP) is 3.79. The molecule has 1 aliphatic rings. The molecule has 102 valence electrons. The lowest BCUT2D eigenvalue weighted by atomic mass is 10.3. The minimum atomic E-state index is -0.554. The second kappa shape index (κ2) is 5.61. The zero-order valence-corrected chi connectivity index (χ0v) is 13.0. The Balaban J connectivity index is 2.21. The molecule has 1 heterocycles.